The molecule has 1 heterocycles. The van der Waals surface area contributed by atoms with Crippen molar-refractivity contribution in [1.29, 1.82) is 0 Å². The molecule has 12 heteroatoms. The van der Waals surface area contributed by atoms with E-state index in [0.717, 1.165) is 19.2 Å². The van der Waals surface area contributed by atoms with E-state index in [-0.39, 0.29) is 23.2 Å². The molecular weight excluding hydrogens is 391 g/mol. The summed E-state index contributed by atoms with van der Waals surface area (Å²) >= 11 is 0. The fraction of sp³-hybridized carbons (Fsp3) is 0.176. The number of amides is 1. The lowest BCUT2D eigenvalue weighted by atomic mass is 10.1. The number of carbonyl (C=O) groups is 1. The van der Waals surface area contributed by atoms with Gasteiger partial charge in [-0.25, -0.2) is 14.8 Å². The average molecular weight is 409 g/mol. The summed E-state index contributed by atoms with van der Waals surface area (Å²) in [5, 5.41) is 4.82. The third-order valence-electron chi connectivity index (χ3n) is 3.26. The standard InChI is InChI=1S/C17H18F3N7O2/c1-9(21)5-13(22)26-15-8-23-7-14(27-15)24-10-3-4-11(17(18,19)20)12(6-10)25-16(28)29-2/h3-8H,21H2,1-2H3,(H,25,28)(H3,22,24,26,27)/b9-5-. The Morgan fingerprint density at radius 1 is 1.28 bits per heavy atom. The zero-order chi connectivity index (χ0) is 21.6. The first kappa shape index (κ1) is 21.5. The van der Waals surface area contributed by atoms with Gasteiger partial charge in [0, 0.05) is 11.4 Å². The highest BCUT2D eigenvalue weighted by Crippen LogP contribution is 2.36. The van der Waals surface area contributed by atoms with Crippen molar-refractivity contribution in [2.45, 2.75) is 13.1 Å². The maximum absolute atomic E-state index is 13.2. The Morgan fingerprint density at radius 2 is 2.00 bits per heavy atom. The van der Waals surface area contributed by atoms with Gasteiger partial charge in [-0.3, -0.25) is 10.3 Å². The summed E-state index contributed by atoms with van der Waals surface area (Å²) in [5.41, 5.74) is 10.4. The molecule has 2 rings (SSSR count). The molecule has 0 unspecified atom stereocenters. The number of hydrogen-bond acceptors (Lipinski definition) is 7. The number of rotatable bonds is 5. The Kier molecular flexibility index (Phi) is 6.59. The zero-order valence-corrected chi connectivity index (χ0v) is 15.4. The largest absolute Gasteiger partial charge is 0.453 e. The van der Waals surface area contributed by atoms with Crippen molar-refractivity contribution < 1.29 is 22.7 Å². The van der Waals surface area contributed by atoms with Crippen LogP contribution in [0.15, 0.2) is 47.4 Å². The minimum Gasteiger partial charge on any atom is -0.453 e. The van der Waals surface area contributed by atoms with Crippen molar-refractivity contribution in [1.82, 2.24) is 9.97 Å². The first-order chi connectivity index (χ1) is 13.6. The molecule has 6 N–H and O–H groups in total. The first-order valence-corrected chi connectivity index (χ1v) is 8.01. The normalized spacial score (nSPS) is 12.4. The molecular formula is C17H18F3N7O2. The number of benzene rings is 1. The molecule has 0 bridgehead atoms. The highest BCUT2D eigenvalue weighted by molar-refractivity contribution is 5.93. The smallest absolute Gasteiger partial charge is 0.418 e. The molecule has 154 valence electrons. The second kappa shape index (κ2) is 8.91. The van der Waals surface area contributed by atoms with E-state index in [1.54, 1.807) is 6.92 Å². The highest BCUT2D eigenvalue weighted by atomic mass is 19.4. The third-order valence-corrected chi connectivity index (χ3v) is 3.26. The minimum absolute atomic E-state index is 0.107. The van der Waals surface area contributed by atoms with Gasteiger partial charge >= 0.3 is 12.3 Å². The predicted molar refractivity (Wildman–Crippen MR) is 102 cm³/mol. The third kappa shape index (κ3) is 6.37. The van der Waals surface area contributed by atoms with E-state index < -0.39 is 23.5 Å². The van der Waals surface area contributed by atoms with Gasteiger partial charge in [-0.15, -0.1) is 0 Å². The van der Waals surface area contributed by atoms with Crippen molar-refractivity contribution in [3.8, 4) is 0 Å². The number of halogens is 3. The van der Waals surface area contributed by atoms with Crippen LogP contribution in [0, 0.1) is 0 Å². The van der Waals surface area contributed by atoms with Gasteiger partial charge in [0.25, 0.3) is 0 Å². The van der Waals surface area contributed by atoms with Crippen LogP contribution in [-0.4, -0.2) is 29.0 Å². The number of amidine groups is 1. The van der Waals surface area contributed by atoms with Crippen molar-refractivity contribution in [2.75, 3.05) is 17.7 Å². The fourth-order valence-corrected chi connectivity index (χ4v) is 2.15. The fourth-order valence-electron chi connectivity index (χ4n) is 2.15. The Balaban J connectivity index is 2.32. The van der Waals surface area contributed by atoms with Crippen LogP contribution < -0.4 is 22.1 Å². The second-order valence-electron chi connectivity index (χ2n) is 5.69. The van der Waals surface area contributed by atoms with Gasteiger partial charge in [-0.05, 0) is 31.2 Å². The van der Waals surface area contributed by atoms with Crippen LogP contribution in [0.3, 0.4) is 0 Å². The van der Waals surface area contributed by atoms with Crippen molar-refractivity contribution in [3.63, 3.8) is 0 Å². The van der Waals surface area contributed by atoms with Crippen LogP contribution in [0.25, 0.3) is 0 Å². The number of anilines is 3. The number of aliphatic imine (C=N–C) groups is 1. The maximum Gasteiger partial charge on any atom is 0.418 e. The van der Waals surface area contributed by atoms with E-state index in [9.17, 15) is 18.0 Å². The van der Waals surface area contributed by atoms with E-state index in [0.29, 0.717) is 5.70 Å². The molecule has 0 radical (unpaired) electrons. The number of allylic oxidation sites excluding steroid dienone is 1. The summed E-state index contributed by atoms with van der Waals surface area (Å²) in [5.74, 6) is 0.455. The van der Waals surface area contributed by atoms with Gasteiger partial charge in [-0.1, -0.05) is 0 Å². The SMILES string of the molecule is COC(=O)Nc1cc(Nc2cncc(N=C(N)/C=C(/C)N)n2)ccc1C(F)(F)F. The van der Waals surface area contributed by atoms with Crippen molar-refractivity contribution in [3.05, 3.63) is 47.9 Å². The van der Waals surface area contributed by atoms with Gasteiger partial charge < -0.3 is 21.5 Å². The number of nitrogens with one attached hydrogen (secondary N) is 2. The molecule has 2 aromatic rings. The number of nitrogens with zero attached hydrogens (tertiary/aromatic N) is 3. The van der Waals surface area contributed by atoms with Crippen LogP contribution in [0.1, 0.15) is 12.5 Å². The molecule has 9 nitrogen and oxygen atoms in total. The minimum atomic E-state index is -4.67. The number of ether oxygens (including phenoxy) is 1. The monoisotopic (exact) mass is 409 g/mol. The molecule has 0 aliphatic heterocycles. The predicted octanol–water partition coefficient (Wildman–Crippen LogP) is 3.27. The molecule has 1 aromatic carbocycles. The molecule has 0 saturated carbocycles. The lowest BCUT2D eigenvalue weighted by Gasteiger charge is -2.15. The highest BCUT2D eigenvalue weighted by Gasteiger charge is 2.34. The van der Waals surface area contributed by atoms with Crippen LogP contribution in [-0.2, 0) is 10.9 Å². The van der Waals surface area contributed by atoms with Gasteiger partial charge in [-0.2, -0.15) is 13.2 Å². The number of alkyl halides is 3. The Hall–Kier alpha value is -3.83. The van der Waals surface area contributed by atoms with E-state index in [2.05, 4.69) is 25.0 Å². The molecule has 29 heavy (non-hydrogen) atoms. The van der Waals surface area contributed by atoms with Crippen molar-refractivity contribution in [2.24, 2.45) is 16.5 Å². The molecule has 0 saturated heterocycles. The first-order valence-electron chi connectivity index (χ1n) is 8.01. The summed E-state index contributed by atoms with van der Waals surface area (Å²) in [6.45, 7) is 1.64. The maximum atomic E-state index is 13.2. The Labute approximate surface area is 163 Å². The molecule has 0 spiro atoms. The number of methoxy groups -OCH3 is 1. The summed E-state index contributed by atoms with van der Waals surface area (Å²) < 4.78 is 43.8. The van der Waals surface area contributed by atoms with E-state index >= 15 is 0 Å². The summed E-state index contributed by atoms with van der Waals surface area (Å²) in [6, 6.07) is 3.08. The zero-order valence-electron chi connectivity index (χ0n) is 15.4. The average Bonchev–Trinajstić information content (AvgIpc) is 2.60. The van der Waals surface area contributed by atoms with Crippen LogP contribution in [0.2, 0.25) is 0 Å². The van der Waals surface area contributed by atoms with E-state index in [1.807, 2.05) is 5.32 Å². The lowest BCUT2D eigenvalue weighted by Crippen LogP contribution is -2.16. The van der Waals surface area contributed by atoms with Crippen LogP contribution >= 0.6 is 0 Å². The topological polar surface area (TPSA) is 141 Å². The van der Waals surface area contributed by atoms with Crippen LogP contribution in [0.5, 0.6) is 0 Å². The number of carbonyl (C=O) groups excluding carboxylic acids is 1. The van der Waals surface area contributed by atoms with Gasteiger partial charge in [0.1, 0.15) is 5.84 Å². The summed E-state index contributed by atoms with van der Waals surface area (Å²) in [4.78, 5) is 23.5. The van der Waals surface area contributed by atoms with Gasteiger partial charge in [0.15, 0.2) is 11.6 Å². The van der Waals surface area contributed by atoms with Gasteiger partial charge in [0.2, 0.25) is 0 Å². The number of nitrogens with two attached hydrogens (primary N) is 2. The molecule has 1 aromatic heterocycles. The molecule has 0 aliphatic carbocycles. The number of hydrogen-bond donors (Lipinski definition) is 4. The number of aromatic nitrogens is 2. The Bertz CT molecular complexity index is 954. The van der Waals surface area contributed by atoms with Gasteiger partial charge in [0.05, 0.1) is 30.8 Å². The molecule has 0 aliphatic rings. The van der Waals surface area contributed by atoms with E-state index in [4.69, 9.17) is 11.5 Å². The molecule has 0 atom stereocenters. The van der Waals surface area contributed by atoms with Crippen LogP contribution in [0.4, 0.5) is 41.0 Å². The molecule has 1 amide bonds. The van der Waals surface area contributed by atoms with E-state index in [1.165, 1.54) is 24.5 Å². The van der Waals surface area contributed by atoms with Crippen molar-refractivity contribution >= 4 is 34.9 Å². The second-order valence-corrected chi connectivity index (χ2v) is 5.69. The quantitative estimate of drug-likeness (QED) is 0.439. The molecule has 0 fully saturated rings. The Morgan fingerprint density at radius 3 is 2.62 bits per heavy atom. The summed E-state index contributed by atoms with van der Waals surface area (Å²) in [6.07, 6.45) is -1.60. The lowest BCUT2D eigenvalue weighted by molar-refractivity contribution is -0.136. The summed E-state index contributed by atoms with van der Waals surface area (Å²) in [7, 11) is 1.04.